The quantitative estimate of drug-likeness (QED) is 0.715. The maximum Gasteiger partial charge on any atom is 0.189 e. The van der Waals surface area contributed by atoms with Gasteiger partial charge in [0.2, 0.25) is 0 Å². The molecular formula is C27H26O4. The van der Waals surface area contributed by atoms with Crippen LogP contribution in [0.3, 0.4) is 0 Å². The number of hydrogen-bond acceptors (Lipinski definition) is 4. The molecule has 2 aliphatic heterocycles. The summed E-state index contributed by atoms with van der Waals surface area (Å²) in [6, 6.07) is 11.7. The van der Waals surface area contributed by atoms with Crippen LogP contribution >= 0.6 is 0 Å². The van der Waals surface area contributed by atoms with E-state index < -0.39 is 23.2 Å². The summed E-state index contributed by atoms with van der Waals surface area (Å²) in [5, 5.41) is 12.0. The minimum Gasteiger partial charge on any atom is -0.489 e. The molecule has 4 atom stereocenters. The largest absolute Gasteiger partial charge is 0.489 e. The van der Waals surface area contributed by atoms with Gasteiger partial charge in [0, 0.05) is 17.5 Å². The van der Waals surface area contributed by atoms with Crippen molar-refractivity contribution < 1.29 is 19.4 Å². The van der Waals surface area contributed by atoms with E-state index >= 15 is 0 Å². The van der Waals surface area contributed by atoms with Gasteiger partial charge in [0.1, 0.15) is 17.6 Å². The lowest BCUT2D eigenvalue weighted by Gasteiger charge is -2.47. The van der Waals surface area contributed by atoms with Crippen LogP contribution in [0.2, 0.25) is 0 Å². The Morgan fingerprint density at radius 3 is 2.16 bits per heavy atom. The van der Waals surface area contributed by atoms with E-state index in [1.807, 2.05) is 42.5 Å². The molecule has 5 rings (SSSR count). The minimum atomic E-state index is -1.73. The Balaban J connectivity index is 1.71. The van der Waals surface area contributed by atoms with E-state index in [9.17, 15) is 9.90 Å². The van der Waals surface area contributed by atoms with Crippen LogP contribution in [0.15, 0.2) is 74.4 Å². The first kappa shape index (κ1) is 19.8. The molecule has 3 aliphatic rings. The molecule has 158 valence electrons. The van der Waals surface area contributed by atoms with Gasteiger partial charge in [-0.25, -0.2) is 0 Å². The van der Waals surface area contributed by atoms with E-state index in [0.29, 0.717) is 24.2 Å². The van der Waals surface area contributed by atoms with Gasteiger partial charge in [-0.05, 0) is 48.6 Å². The highest BCUT2D eigenvalue weighted by atomic mass is 16.5. The molecule has 31 heavy (non-hydrogen) atoms. The Morgan fingerprint density at radius 2 is 1.55 bits per heavy atom. The molecule has 0 saturated heterocycles. The highest BCUT2D eigenvalue weighted by Crippen LogP contribution is 2.60. The first-order chi connectivity index (χ1) is 15.0. The normalized spacial score (nSPS) is 29.6. The number of carbonyl (C=O) groups is 1. The lowest BCUT2D eigenvalue weighted by Crippen LogP contribution is -2.65. The zero-order chi connectivity index (χ0) is 21.8. The zero-order valence-electron chi connectivity index (χ0n) is 17.5. The number of rotatable bonds is 6. The summed E-state index contributed by atoms with van der Waals surface area (Å²) in [6.45, 7) is 11.6. The number of benzene rings is 2. The fourth-order valence-electron chi connectivity index (χ4n) is 5.61. The summed E-state index contributed by atoms with van der Waals surface area (Å²) in [7, 11) is 0. The summed E-state index contributed by atoms with van der Waals surface area (Å²) in [5.41, 5.74) is 1.15. The Kier molecular flexibility index (Phi) is 4.45. The van der Waals surface area contributed by atoms with Crippen LogP contribution in [-0.4, -0.2) is 23.1 Å². The number of ether oxygens (including phenoxy) is 2. The number of allylic oxidation sites excluding steroid dienone is 3. The molecule has 0 unspecified atom stereocenters. The number of hydrogen-bond donors (Lipinski definition) is 1. The molecule has 0 spiro atoms. The molecule has 0 amide bonds. The van der Waals surface area contributed by atoms with Gasteiger partial charge >= 0.3 is 0 Å². The van der Waals surface area contributed by atoms with E-state index in [1.54, 1.807) is 6.08 Å². The van der Waals surface area contributed by atoms with E-state index in [0.717, 1.165) is 28.9 Å². The number of carbonyl (C=O) groups excluding carboxylic acids is 1. The smallest absolute Gasteiger partial charge is 0.189 e. The van der Waals surface area contributed by atoms with Crippen LogP contribution in [0.5, 0.6) is 11.5 Å². The molecule has 1 aliphatic carbocycles. The molecule has 2 aromatic carbocycles. The number of aliphatic hydroxyl groups is 1. The SMILES string of the molecule is C=CCc1ccc2c(c1)[C@@]1(CC=C)[C@H](CC(=O)[C@@]3(O)c4cc(CC=C)ccc4O[C@@H]13)O2. The van der Waals surface area contributed by atoms with Crippen LogP contribution in [0.1, 0.15) is 35.1 Å². The lowest BCUT2D eigenvalue weighted by molar-refractivity contribution is -0.167. The predicted octanol–water partition coefficient (Wildman–Crippen LogP) is 4.34. The Labute approximate surface area is 182 Å². The highest BCUT2D eigenvalue weighted by Gasteiger charge is 2.70. The molecule has 1 N–H and O–H groups in total. The molecule has 1 saturated carbocycles. The van der Waals surface area contributed by atoms with Crippen molar-refractivity contribution in [1.82, 2.24) is 0 Å². The summed E-state index contributed by atoms with van der Waals surface area (Å²) >= 11 is 0. The van der Waals surface area contributed by atoms with Crippen LogP contribution < -0.4 is 9.47 Å². The van der Waals surface area contributed by atoms with E-state index in [2.05, 4.69) is 25.8 Å². The Bertz CT molecular complexity index is 1120. The van der Waals surface area contributed by atoms with Crippen molar-refractivity contribution >= 4 is 5.78 Å². The summed E-state index contributed by atoms with van der Waals surface area (Å²) in [4.78, 5) is 13.4. The molecule has 0 aromatic heterocycles. The molecule has 2 aromatic rings. The third kappa shape index (κ3) is 2.55. The van der Waals surface area contributed by atoms with Gasteiger partial charge in [-0.1, -0.05) is 36.4 Å². The van der Waals surface area contributed by atoms with E-state index in [1.165, 1.54) is 0 Å². The van der Waals surface area contributed by atoms with Gasteiger partial charge in [0.25, 0.3) is 0 Å². The van der Waals surface area contributed by atoms with Crippen molar-refractivity contribution in [3.8, 4) is 11.5 Å². The predicted molar refractivity (Wildman–Crippen MR) is 120 cm³/mol. The van der Waals surface area contributed by atoms with Gasteiger partial charge in [0.15, 0.2) is 17.5 Å². The van der Waals surface area contributed by atoms with Gasteiger partial charge in [-0.15, -0.1) is 19.7 Å². The molecule has 0 bridgehead atoms. The topological polar surface area (TPSA) is 55.8 Å². The number of fused-ring (bicyclic) bond motifs is 7. The van der Waals surface area contributed by atoms with Crippen LogP contribution in [0.4, 0.5) is 0 Å². The van der Waals surface area contributed by atoms with Crippen molar-refractivity contribution in [2.45, 2.75) is 48.9 Å². The van der Waals surface area contributed by atoms with Crippen molar-refractivity contribution in [2.75, 3.05) is 0 Å². The molecule has 1 fully saturated rings. The van der Waals surface area contributed by atoms with Crippen molar-refractivity contribution in [2.24, 2.45) is 0 Å². The third-order valence-corrected chi connectivity index (χ3v) is 6.97. The second kappa shape index (κ2) is 6.96. The minimum absolute atomic E-state index is 0.112. The fraction of sp³-hybridized carbons (Fsp3) is 0.296. The fourth-order valence-corrected chi connectivity index (χ4v) is 5.61. The zero-order valence-corrected chi connectivity index (χ0v) is 17.5. The van der Waals surface area contributed by atoms with Crippen molar-refractivity contribution in [3.05, 3.63) is 96.6 Å². The summed E-state index contributed by atoms with van der Waals surface area (Å²) in [6.07, 6.45) is 6.30. The molecule has 0 radical (unpaired) electrons. The molecule has 4 nitrogen and oxygen atoms in total. The van der Waals surface area contributed by atoms with E-state index in [-0.39, 0.29) is 12.2 Å². The Morgan fingerprint density at radius 1 is 0.935 bits per heavy atom. The van der Waals surface area contributed by atoms with Crippen molar-refractivity contribution in [3.63, 3.8) is 0 Å². The van der Waals surface area contributed by atoms with Gasteiger partial charge in [0.05, 0.1) is 5.41 Å². The number of ketones is 1. The molecule has 4 heteroatoms. The third-order valence-electron chi connectivity index (χ3n) is 6.97. The van der Waals surface area contributed by atoms with Gasteiger partial charge in [-0.3, -0.25) is 4.79 Å². The first-order valence-corrected chi connectivity index (χ1v) is 10.7. The average molecular weight is 415 g/mol. The lowest BCUT2D eigenvalue weighted by atomic mass is 9.58. The average Bonchev–Trinajstić information content (AvgIpc) is 3.23. The van der Waals surface area contributed by atoms with Crippen LogP contribution in [0.25, 0.3) is 0 Å². The second-order valence-electron chi connectivity index (χ2n) is 8.68. The molecular weight excluding hydrogens is 388 g/mol. The summed E-state index contributed by atoms with van der Waals surface area (Å²) in [5.74, 6) is 1.02. The summed E-state index contributed by atoms with van der Waals surface area (Å²) < 4.78 is 12.7. The second-order valence-corrected chi connectivity index (χ2v) is 8.68. The highest BCUT2D eigenvalue weighted by molar-refractivity contribution is 5.93. The molecule has 2 heterocycles. The monoisotopic (exact) mass is 414 g/mol. The van der Waals surface area contributed by atoms with Crippen molar-refractivity contribution in [1.29, 1.82) is 0 Å². The van der Waals surface area contributed by atoms with Crippen LogP contribution in [-0.2, 0) is 28.7 Å². The van der Waals surface area contributed by atoms with Crippen LogP contribution in [0, 0.1) is 0 Å². The first-order valence-electron chi connectivity index (χ1n) is 10.7. The van der Waals surface area contributed by atoms with E-state index in [4.69, 9.17) is 9.47 Å². The number of Topliss-reactive ketones (excluding diaryl/α,β-unsaturated/α-hetero) is 1. The maximum atomic E-state index is 13.4. The van der Waals surface area contributed by atoms with Gasteiger partial charge in [-0.2, -0.15) is 0 Å². The van der Waals surface area contributed by atoms with Gasteiger partial charge < -0.3 is 14.6 Å². The maximum absolute atomic E-state index is 13.4. The standard InChI is InChI=1S/C27H26O4/c1-4-7-17-9-11-21-19(14-17)26(13-6-3)24(30-21)16-23(28)27(29)20-15-18(8-5-2)10-12-22(20)31-25(26)27/h4-6,9-12,14-15,24-25,29H,1-3,7-8,13,16H2/t24-,25-,26-,27-/m0/s1. The Hall–Kier alpha value is -3.11.